The molecule has 2 rings (SSSR count). The van der Waals surface area contributed by atoms with E-state index in [1.165, 1.54) is 0 Å². The molecule has 0 aliphatic heterocycles. The van der Waals surface area contributed by atoms with Crippen LogP contribution in [-0.2, 0) is 5.11 Å². The van der Waals surface area contributed by atoms with E-state index < -0.39 is 57.2 Å². The number of fused-ring (bicyclic) bond motifs is 1. The van der Waals surface area contributed by atoms with Crippen LogP contribution in [0.1, 0.15) is 0 Å². The monoisotopic (exact) mass is 269 g/mol. The first-order valence-corrected chi connectivity index (χ1v) is 4.28. The second-order valence-electron chi connectivity index (χ2n) is 3.28. The van der Waals surface area contributed by atoms with Crippen LogP contribution in [0.15, 0.2) is 0 Å². The summed E-state index contributed by atoms with van der Waals surface area (Å²) in [6.07, 6.45) is 0. The molecule has 0 aromatic heterocycles. The molecule has 0 spiro atoms. The second kappa shape index (κ2) is 3.76. The minimum atomic E-state index is -2.43. The van der Waals surface area contributed by atoms with Crippen LogP contribution in [0, 0.1) is 40.7 Å². The van der Waals surface area contributed by atoms with Crippen LogP contribution in [0.5, 0.6) is 5.75 Å². The molecule has 2 aromatic carbocycles. The van der Waals surface area contributed by atoms with E-state index in [9.17, 15) is 35.8 Å². The summed E-state index contributed by atoms with van der Waals surface area (Å²) in [5.41, 5.74) is 0. The lowest BCUT2D eigenvalue weighted by atomic mass is 10.1. The van der Waals surface area contributed by atoms with E-state index in [0.29, 0.717) is 0 Å². The van der Waals surface area contributed by atoms with E-state index in [4.69, 9.17) is 0 Å². The highest BCUT2D eigenvalue weighted by Crippen LogP contribution is 2.38. The lowest BCUT2D eigenvalue weighted by Gasteiger charge is -2.07. The molecular formula is C10F7O. The number of hydrogen-bond acceptors (Lipinski definition) is 0. The molecule has 0 amide bonds. The van der Waals surface area contributed by atoms with Crippen molar-refractivity contribution in [1.82, 2.24) is 0 Å². The van der Waals surface area contributed by atoms with Gasteiger partial charge in [-0.2, -0.15) is 4.39 Å². The van der Waals surface area contributed by atoms with Gasteiger partial charge in [0.15, 0.2) is 34.9 Å². The van der Waals surface area contributed by atoms with Crippen molar-refractivity contribution in [3.63, 3.8) is 0 Å². The van der Waals surface area contributed by atoms with Gasteiger partial charge in [-0.05, 0) is 0 Å². The smallest absolute Gasteiger partial charge is 0.228 e. The number of hydrogen-bond donors (Lipinski definition) is 0. The zero-order chi connectivity index (χ0) is 13.8. The number of benzene rings is 2. The Morgan fingerprint density at radius 2 is 0.778 bits per heavy atom. The quantitative estimate of drug-likeness (QED) is 0.392. The van der Waals surface area contributed by atoms with E-state index in [1.807, 2.05) is 0 Å². The molecule has 0 aliphatic rings. The van der Waals surface area contributed by atoms with Crippen LogP contribution in [0.3, 0.4) is 0 Å². The first kappa shape index (κ1) is 12.5. The third-order valence-electron chi connectivity index (χ3n) is 2.30. The first-order chi connectivity index (χ1) is 8.29. The van der Waals surface area contributed by atoms with E-state index in [0.717, 1.165) is 0 Å². The van der Waals surface area contributed by atoms with Gasteiger partial charge in [-0.25, -0.2) is 26.3 Å². The molecule has 0 heterocycles. The standard InChI is InChI=1S/C10F7O/c11-3-1-2(5(13)7(15)6(3)14)10(18)9(17)8(16)4(1)12. The van der Waals surface area contributed by atoms with Crippen LogP contribution < -0.4 is 0 Å². The lowest BCUT2D eigenvalue weighted by molar-refractivity contribution is 0.317. The molecule has 0 saturated heterocycles. The summed E-state index contributed by atoms with van der Waals surface area (Å²) in [7, 11) is 0. The van der Waals surface area contributed by atoms with E-state index in [-0.39, 0.29) is 0 Å². The Bertz CT molecular complexity index is 567. The topological polar surface area (TPSA) is 19.9 Å². The fourth-order valence-corrected chi connectivity index (χ4v) is 1.47. The van der Waals surface area contributed by atoms with Crippen molar-refractivity contribution in [2.24, 2.45) is 0 Å². The average Bonchev–Trinajstić information content (AvgIpc) is 2.35. The SMILES string of the molecule is [O]c1c(F)c(F)c(F)c2c(F)c(F)c(F)c(F)c12. The molecular weight excluding hydrogens is 269 g/mol. The summed E-state index contributed by atoms with van der Waals surface area (Å²) in [5, 5.41) is 7.57. The van der Waals surface area contributed by atoms with Crippen molar-refractivity contribution in [2.75, 3.05) is 0 Å². The average molecular weight is 269 g/mol. The lowest BCUT2D eigenvalue weighted by Crippen LogP contribution is -2.03. The van der Waals surface area contributed by atoms with Crippen LogP contribution in [0.4, 0.5) is 30.7 Å². The highest BCUT2D eigenvalue weighted by Gasteiger charge is 2.31. The molecule has 18 heavy (non-hydrogen) atoms. The van der Waals surface area contributed by atoms with Crippen molar-refractivity contribution in [3.8, 4) is 5.75 Å². The normalized spacial score (nSPS) is 11.3. The van der Waals surface area contributed by atoms with Gasteiger partial charge in [0.25, 0.3) is 0 Å². The number of rotatable bonds is 0. The van der Waals surface area contributed by atoms with Crippen LogP contribution >= 0.6 is 0 Å². The predicted molar refractivity (Wildman–Crippen MR) is 43.8 cm³/mol. The van der Waals surface area contributed by atoms with Gasteiger partial charge in [0.2, 0.25) is 11.6 Å². The van der Waals surface area contributed by atoms with Crippen molar-refractivity contribution in [3.05, 3.63) is 40.7 Å². The summed E-state index contributed by atoms with van der Waals surface area (Å²) in [6.45, 7) is 0. The van der Waals surface area contributed by atoms with Crippen LogP contribution in [0.2, 0.25) is 0 Å². The summed E-state index contributed by atoms with van der Waals surface area (Å²) in [5.74, 6) is -18.6. The predicted octanol–water partition coefficient (Wildman–Crippen LogP) is 3.96. The second-order valence-corrected chi connectivity index (χ2v) is 3.28. The molecule has 0 aliphatic carbocycles. The summed E-state index contributed by atoms with van der Waals surface area (Å²) >= 11 is 0. The maximum absolute atomic E-state index is 13.2. The van der Waals surface area contributed by atoms with Crippen molar-refractivity contribution in [2.45, 2.75) is 0 Å². The Morgan fingerprint density at radius 1 is 0.444 bits per heavy atom. The molecule has 2 aromatic rings. The zero-order valence-corrected chi connectivity index (χ0v) is 8.05. The van der Waals surface area contributed by atoms with Gasteiger partial charge in [0, 0.05) is 0 Å². The van der Waals surface area contributed by atoms with Gasteiger partial charge < -0.3 is 0 Å². The Labute approximate surface area is 94.1 Å². The van der Waals surface area contributed by atoms with Gasteiger partial charge in [0.1, 0.15) is 0 Å². The Morgan fingerprint density at radius 3 is 1.22 bits per heavy atom. The van der Waals surface area contributed by atoms with E-state index in [1.54, 1.807) is 0 Å². The van der Waals surface area contributed by atoms with Crippen molar-refractivity contribution < 1.29 is 35.8 Å². The summed E-state index contributed by atoms with van der Waals surface area (Å²) in [6, 6.07) is 0. The summed E-state index contributed by atoms with van der Waals surface area (Å²) < 4.78 is 90.7. The van der Waals surface area contributed by atoms with Gasteiger partial charge in [0.05, 0.1) is 10.8 Å². The molecule has 0 atom stereocenters. The van der Waals surface area contributed by atoms with Gasteiger partial charge in [-0.3, -0.25) is 5.11 Å². The molecule has 8 heteroatoms. The molecule has 0 N–H and O–H groups in total. The van der Waals surface area contributed by atoms with Gasteiger partial charge >= 0.3 is 0 Å². The molecule has 0 fully saturated rings. The Balaban J connectivity index is 3.22. The Hall–Kier alpha value is -1.99. The van der Waals surface area contributed by atoms with E-state index >= 15 is 0 Å². The minimum Gasteiger partial charge on any atom is -0.286 e. The van der Waals surface area contributed by atoms with E-state index in [2.05, 4.69) is 0 Å². The molecule has 0 saturated carbocycles. The third kappa shape index (κ3) is 1.34. The zero-order valence-electron chi connectivity index (χ0n) is 8.05. The maximum atomic E-state index is 13.2. The fourth-order valence-electron chi connectivity index (χ4n) is 1.47. The van der Waals surface area contributed by atoms with Crippen LogP contribution in [0.25, 0.3) is 10.8 Å². The third-order valence-corrected chi connectivity index (χ3v) is 2.30. The maximum Gasteiger partial charge on any atom is 0.228 e. The molecule has 1 radical (unpaired) electrons. The van der Waals surface area contributed by atoms with Crippen LogP contribution in [-0.4, -0.2) is 0 Å². The molecule has 1 nitrogen and oxygen atoms in total. The fraction of sp³-hybridized carbons (Fsp3) is 0. The van der Waals surface area contributed by atoms with Crippen molar-refractivity contribution in [1.29, 1.82) is 0 Å². The molecule has 0 bridgehead atoms. The Kier molecular flexibility index (Phi) is 2.60. The van der Waals surface area contributed by atoms with Gasteiger partial charge in [-0.1, -0.05) is 0 Å². The van der Waals surface area contributed by atoms with Crippen molar-refractivity contribution >= 4 is 10.8 Å². The highest BCUT2D eigenvalue weighted by atomic mass is 19.2. The number of halogens is 7. The molecule has 95 valence electrons. The highest BCUT2D eigenvalue weighted by molar-refractivity contribution is 5.90. The first-order valence-electron chi connectivity index (χ1n) is 4.28. The molecule has 0 unspecified atom stereocenters. The largest absolute Gasteiger partial charge is 0.286 e. The summed E-state index contributed by atoms with van der Waals surface area (Å²) in [4.78, 5) is 0. The van der Waals surface area contributed by atoms with Gasteiger partial charge in [-0.15, -0.1) is 0 Å². The minimum absolute atomic E-state index is 1.72.